The predicted octanol–water partition coefficient (Wildman–Crippen LogP) is 2.71. The van der Waals surface area contributed by atoms with E-state index in [-0.39, 0.29) is 12.2 Å². The number of aliphatic hydroxyl groups is 1. The third kappa shape index (κ3) is 3.35. The van der Waals surface area contributed by atoms with E-state index < -0.39 is 17.5 Å². The van der Waals surface area contributed by atoms with E-state index in [4.69, 9.17) is 5.11 Å². The van der Waals surface area contributed by atoms with Gasteiger partial charge in [-0.05, 0) is 29.8 Å². The molecule has 0 saturated heterocycles. The Morgan fingerprint density at radius 1 is 1.11 bits per heavy atom. The van der Waals surface area contributed by atoms with Crippen LogP contribution in [-0.4, -0.2) is 11.0 Å². The SMILES string of the molecule is O=C(Nc1cccc(CO)c1)c1cc(F)cc(F)c1. The van der Waals surface area contributed by atoms with E-state index in [1.54, 1.807) is 24.3 Å². The van der Waals surface area contributed by atoms with Crippen LogP contribution < -0.4 is 5.32 Å². The molecule has 0 aliphatic rings. The number of amides is 1. The minimum Gasteiger partial charge on any atom is -0.392 e. The Labute approximate surface area is 108 Å². The van der Waals surface area contributed by atoms with Crippen molar-refractivity contribution in [1.29, 1.82) is 0 Å². The first kappa shape index (κ1) is 13.2. The molecular weight excluding hydrogens is 252 g/mol. The van der Waals surface area contributed by atoms with Crippen molar-refractivity contribution in [2.45, 2.75) is 6.61 Å². The average Bonchev–Trinajstić information content (AvgIpc) is 2.37. The highest BCUT2D eigenvalue weighted by Gasteiger charge is 2.09. The van der Waals surface area contributed by atoms with E-state index in [2.05, 4.69) is 5.32 Å². The van der Waals surface area contributed by atoms with Crippen LogP contribution in [0.25, 0.3) is 0 Å². The molecule has 0 fully saturated rings. The van der Waals surface area contributed by atoms with Gasteiger partial charge in [-0.1, -0.05) is 12.1 Å². The highest BCUT2D eigenvalue weighted by molar-refractivity contribution is 6.04. The average molecular weight is 263 g/mol. The standard InChI is InChI=1S/C14H11F2NO2/c15-11-5-10(6-12(16)7-11)14(19)17-13-3-1-2-9(4-13)8-18/h1-7,18H,8H2,(H,17,19). The summed E-state index contributed by atoms with van der Waals surface area (Å²) >= 11 is 0. The molecule has 0 heterocycles. The third-order valence-electron chi connectivity index (χ3n) is 2.49. The van der Waals surface area contributed by atoms with Crippen LogP contribution in [0.2, 0.25) is 0 Å². The molecule has 0 atom stereocenters. The van der Waals surface area contributed by atoms with E-state index in [9.17, 15) is 13.6 Å². The Morgan fingerprint density at radius 2 is 1.79 bits per heavy atom. The van der Waals surface area contributed by atoms with E-state index in [0.717, 1.165) is 12.1 Å². The van der Waals surface area contributed by atoms with E-state index in [0.29, 0.717) is 17.3 Å². The van der Waals surface area contributed by atoms with Crippen LogP contribution in [0, 0.1) is 11.6 Å². The molecule has 0 aliphatic carbocycles. The van der Waals surface area contributed by atoms with Crippen molar-refractivity contribution in [3.05, 3.63) is 65.2 Å². The lowest BCUT2D eigenvalue weighted by Crippen LogP contribution is -2.12. The number of carbonyl (C=O) groups excluding carboxylic acids is 1. The van der Waals surface area contributed by atoms with Crippen LogP contribution in [0.1, 0.15) is 15.9 Å². The van der Waals surface area contributed by atoms with Gasteiger partial charge in [0.05, 0.1) is 6.61 Å². The lowest BCUT2D eigenvalue weighted by molar-refractivity contribution is 0.102. The van der Waals surface area contributed by atoms with E-state index >= 15 is 0 Å². The second-order valence-corrected chi connectivity index (χ2v) is 3.97. The maximum absolute atomic E-state index is 13.0. The first-order valence-corrected chi connectivity index (χ1v) is 5.56. The number of aliphatic hydroxyl groups excluding tert-OH is 1. The zero-order valence-corrected chi connectivity index (χ0v) is 9.86. The Morgan fingerprint density at radius 3 is 2.42 bits per heavy atom. The molecule has 0 spiro atoms. The topological polar surface area (TPSA) is 49.3 Å². The summed E-state index contributed by atoms with van der Waals surface area (Å²) in [7, 11) is 0. The molecule has 0 saturated carbocycles. The highest BCUT2D eigenvalue weighted by Crippen LogP contribution is 2.14. The van der Waals surface area contributed by atoms with Gasteiger partial charge < -0.3 is 10.4 Å². The summed E-state index contributed by atoms with van der Waals surface area (Å²) in [5.41, 5.74) is 0.969. The second kappa shape index (κ2) is 5.58. The zero-order valence-electron chi connectivity index (χ0n) is 9.86. The summed E-state index contributed by atoms with van der Waals surface area (Å²) in [6, 6.07) is 9.15. The van der Waals surface area contributed by atoms with Crippen molar-refractivity contribution in [3.8, 4) is 0 Å². The lowest BCUT2D eigenvalue weighted by atomic mass is 10.1. The number of rotatable bonds is 3. The number of anilines is 1. The van der Waals surface area contributed by atoms with Crippen molar-refractivity contribution in [3.63, 3.8) is 0 Å². The Hall–Kier alpha value is -2.27. The highest BCUT2D eigenvalue weighted by atomic mass is 19.1. The van der Waals surface area contributed by atoms with Crippen molar-refractivity contribution < 1.29 is 18.7 Å². The monoisotopic (exact) mass is 263 g/mol. The molecule has 2 N–H and O–H groups in total. The molecule has 0 aromatic heterocycles. The molecular formula is C14H11F2NO2. The molecule has 0 aliphatic heterocycles. The molecule has 98 valence electrons. The summed E-state index contributed by atoms with van der Waals surface area (Å²) in [5, 5.41) is 11.5. The molecule has 1 amide bonds. The lowest BCUT2D eigenvalue weighted by Gasteiger charge is -2.07. The maximum atomic E-state index is 13.0. The van der Waals surface area contributed by atoms with Crippen LogP contribution in [0.15, 0.2) is 42.5 Å². The summed E-state index contributed by atoms with van der Waals surface area (Å²) in [4.78, 5) is 11.8. The smallest absolute Gasteiger partial charge is 0.255 e. The Balaban J connectivity index is 2.20. The minimum absolute atomic E-state index is 0.105. The number of benzene rings is 2. The van der Waals surface area contributed by atoms with Crippen LogP contribution in [0.4, 0.5) is 14.5 Å². The number of hydrogen-bond acceptors (Lipinski definition) is 2. The van der Waals surface area contributed by atoms with Gasteiger partial charge in [0.2, 0.25) is 0 Å². The van der Waals surface area contributed by atoms with Gasteiger partial charge in [-0.15, -0.1) is 0 Å². The van der Waals surface area contributed by atoms with Crippen molar-refractivity contribution in [2.75, 3.05) is 5.32 Å². The fourth-order valence-corrected chi connectivity index (χ4v) is 1.64. The molecule has 19 heavy (non-hydrogen) atoms. The van der Waals surface area contributed by atoms with Gasteiger partial charge in [0.25, 0.3) is 5.91 Å². The van der Waals surface area contributed by atoms with Crippen molar-refractivity contribution in [2.24, 2.45) is 0 Å². The van der Waals surface area contributed by atoms with Gasteiger partial charge in [-0.25, -0.2) is 8.78 Å². The Bertz CT molecular complexity index is 594. The summed E-state index contributed by atoms with van der Waals surface area (Å²) in [6.07, 6.45) is 0. The normalized spacial score (nSPS) is 10.3. The fourth-order valence-electron chi connectivity index (χ4n) is 1.64. The number of carbonyl (C=O) groups is 1. The van der Waals surface area contributed by atoms with Gasteiger partial charge >= 0.3 is 0 Å². The first-order chi connectivity index (χ1) is 9.08. The molecule has 5 heteroatoms. The minimum atomic E-state index is -0.811. The van der Waals surface area contributed by atoms with Crippen LogP contribution in [-0.2, 0) is 6.61 Å². The van der Waals surface area contributed by atoms with Crippen LogP contribution in [0.5, 0.6) is 0 Å². The molecule has 0 bridgehead atoms. The van der Waals surface area contributed by atoms with Gasteiger partial charge in [-0.3, -0.25) is 4.79 Å². The largest absolute Gasteiger partial charge is 0.392 e. The van der Waals surface area contributed by atoms with Gasteiger partial charge in [0.15, 0.2) is 0 Å². The van der Waals surface area contributed by atoms with Gasteiger partial charge in [-0.2, -0.15) is 0 Å². The van der Waals surface area contributed by atoms with E-state index in [1.807, 2.05) is 0 Å². The summed E-state index contributed by atoms with van der Waals surface area (Å²) < 4.78 is 26.0. The summed E-state index contributed by atoms with van der Waals surface area (Å²) in [5.74, 6) is -2.24. The molecule has 2 aromatic rings. The molecule has 2 aromatic carbocycles. The maximum Gasteiger partial charge on any atom is 0.255 e. The van der Waals surface area contributed by atoms with Crippen molar-refractivity contribution in [1.82, 2.24) is 0 Å². The zero-order chi connectivity index (χ0) is 13.8. The molecule has 3 nitrogen and oxygen atoms in total. The van der Waals surface area contributed by atoms with Gasteiger partial charge in [0.1, 0.15) is 11.6 Å². The molecule has 0 radical (unpaired) electrons. The van der Waals surface area contributed by atoms with Crippen LogP contribution >= 0.6 is 0 Å². The first-order valence-electron chi connectivity index (χ1n) is 5.56. The quantitative estimate of drug-likeness (QED) is 0.894. The van der Waals surface area contributed by atoms with Crippen LogP contribution in [0.3, 0.4) is 0 Å². The van der Waals surface area contributed by atoms with E-state index in [1.165, 1.54) is 0 Å². The summed E-state index contributed by atoms with van der Waals surface area (Å²) in [6.45, 7) is -0.154. The molecule has 2 rings (SSSR count). The third-order valence-corrected chi connectivity index (χ3v) is 2.49. The molecule has 0 unspecified atom stereocenters. The fraction of sp³-hybridized carbons (Fsp3) is 0.0714. The second-order valence-electron chi connectivity index (χ2n) is 3.97. The van der Waals surface area contributed by atoms with Gasteiger partial charge in [0, 0.05) is 17.3 Å². The number of hydrogen-bond donors (Lipinski definition) is 2. The Kier molecular flexibility index (Phi) is 3.87. The number of halogens is 2. The number of nitrogens with one attached hydrogen (secondary N) is 1. The van der Waals surface area contributed by atoms with Crippen molar-refractivity contribution >= 4 is 11.6 Å². The predicted molar refractivity (Wildman–Crippen MR) is 66.7 cm³/mol.